The maximum absolute atomic E-state index is 14.3. The van der Waals surface area contributed by atoms with Crippen molar-refractivity contribution in [2.24, 2.45) is 0 Å². The van der Waals surface area contributed by atoms with Crippen LogP contribution in [0.3, 0.4) is 0 Å². The van der Waals surface area contributed by atoms with Gasteiger partial charge in [-0.3, -0.25) is 19.4 Å². The molecule has 2 amide bonds. The van der Waals surface area contributed by atoms with Gasteiger partial charge in [0.15, 0.2) is 0 Å². The van der Waals surface area contributed by atoms with Crippen molar-refractivity contribution in [2.45, 2.75) is 63.2 Å². The number of nitrogens with zero attached hydrogens (tertiary/aromatic N) is 6. The van der Waals surface area contributed by atoms with Crippen LogP contribution in [0.2, 0.25) is 0 Å². The first-order valence-electron chi connectivity index (χ1n) is 16.5. The predicted octanol–water partition coefficient (Wildman–Crippen LogP) is 5.51. The number of H-pyrrole nitrogens is 2. The van der Waals surface area contributed by atoms with E-state index in [2.05, 4.69) is 32.0 Å². The summed E-state index contributed by atoms with van der Waals surface area (Å²) in [6.45, 7) is 4.58. The van der Waals surface area contributed by atoms with Crippen LogP contribution < -0.4 is 0 Å². The molecule has 2 aromatic heterocycles. The van der Waals surface area contributed by atoms with Crippen molar-refractivity contribution in [2.75, 3.05) is 40.8 Å². The zero-order valence-electron chi connectivity index (χ0n) is 27.4. The third-order valence-corrected chi connectivity index (χ3v) is 9.63. The molecule has 2 saturated heterocycles. The molecule has 2 aliphatic rings. The van der Waals surface area contributed by atoms with Gasteiger partial charge in [0.2, 0.25) is 11.8 Å². The van der Waals surface area contributed by atoms with Gasteiger partial charge in [0, 0.05) is 13.6 Å². The molecular formula is C36H46N8O2. The number of carbonyl (C=O) groups is 2. The molecule has 4 aromatic rings. The lowest BCUT2D eigenvalue weighted by Gasteiger charge is -2.37. The van der Waals surface area contributed by atoms with Gasteiger partial charge in [0.05, 0.1) is 35.9 Å². The number of hydrogen-bond donors (Lipinski definition) is 2. The van der Waals surface area contributed by atoms with E-state index >= 15 is 0 Å². The van der Waals surface area contributed by atoms with Crippen LogP contribution in [0, 0.1) is 0 Å². The Morgan fingerprint density at radius 2 is 1.43 bits per heavy atom. The summed E-state index contributed by atoms with van der Waals surface area (Å²) in [5, 5.41) is 0. The monoisotopic (exact) mass is 622 g/mol. The van der Waals surface area contributed by atoms with Crippen molar-refractivity contribution in [1.29, 1.82) is 0 Å². The van der Waals surface area contributed by atoms with Crippen LogP contribution in [0.5, 0.6) is 0 Å². The smallest absolute Gasteiger partial charge is 0.245 e. The Balaban J connectivity index is 1.18. The summed E-state index contributed by atoms with van der Waals surface area (Å²) in [6, 6.07) is 19.0. The molecule has 10 heteroatoms. The largest absolute Gasteiger partial charge is 0.339 e. The average Bonchev–Trinajstić information content (AvgIpc) is 3.87. The van der Waals surface area contributed by atoms with Crippen molar-refractivity contribution in [3.05, 3.63) is 95.8 Å². The molecule has 0 unspecified atom stereocenters. The van der Waals surface area contributed by atoms with Gasteiger partial charge in [-0.25, -0.2) is 9.97 Å². The number of likely N-dealkylation sites (tertiary alicyclic amines) is 2. The van der Waals surface area contributed by atoms with Crippen LogP contribution >= 0.6 is 0 Å². The lowest BCUT2D eigenvalue weighted by atomic mass is 10.00. The molecule has 4 atom stereocenters. The molecule has 2 N–H and O–H groups in total. The van der Waals surface area contributed by atoms with Gasteiger partial charge in [0.25, 0.3) is 0 Å². The fourth-order valence-electron chi connectivity index (χ4n) is 6.99. The van der Waals surface area contributed by atoms with Crippen LogP contribution in [-0.4, -0.2) is 92.1 Å². The Morgan fingerprint density at radius 3 is 2.11 bits per heavy atom. The molecule has 4 heterocycles. The zero-order chi connectivity index (χ0) is 32.2. The minimum atomic E-state index is -0.397. The summed E-state index contributed by atoms with van der Waals surface area (Å²) in [4.78, 5) is 52.3. The van der Waals surface area contributed by atoms with E-state index in [9.17, 15) is 9.59 Å². The summed E-state index contributed by atoms with van der Waals surface area (Å²) < 4.78 is 0. The third-order valence-electron chi connectivity index (χ3n) is 9.63. The van der Waals surface area contributed by atoms with Crippen LogP contribution in [-0.2, 0) is 9.59 Å². The topological polar surface area (TPSA) is 104 Å². The SMILES string of the molecule is C[C@@H](c1ncc(-c2cnc([C@@H]3CCCN3C(=O)[C@@H](c3ccccc3)N3CCCCC3)[nH]2)[nH]1)N(C)C(=O)[C@@H](c1ccccc1)N(C)C. The molecule has 6 rings (SSSR count). The fourth-order valence-corrected chi connectivity index (χ4v) is 6.99. The summed E-state index contributed by atoms with van der Waals surface area (Å²) in [7, 11) is 5.66. The van der Waals surface area contributed by atoms with Crippen molar-refractivity contribution in [3.63, 3.8) is 0 Å². The summed E-state index contributed by atoms with van der Waals surface area (Å²) in [5.74, 6) is 1.64. The standard InChI is InChI=1S/C36H46N8O2/c1-25(42(4)35(45)31(41(2)3)26-15-8-5-9-16-26)33-37-23-28(39-33)29-24-38-34(40-29)30-19-14-22-44(30)36(46)32(27-17-10-6-11-18-27)43-20-12-7-13-21-43/h5-6,8-11,15-18,23-25,30-32H,7,12-14,19-22H2,1-4H3,(H,37,39)(H,38,40)/t25-,30-,31+,32+/m0/s1. The van der Waals surface area contributed by atoms with E-state index in [0.29, 0.717) is 5.82 Å². The molecule has 0 aliphatic carbocycles. The number of aromatic amines is 2. The molecule has 0 radical (unpaired) electrons. The van der Waals surface area contributed by atoms with E-state index in [1.54, 1.807) is 11.1 Å². The van der Waals surface area contributed by atoms with Crippen molar-refractivity contribution in [1.82, 2.24) is 39.5 Å². The summed E-state index contributed by atoms with van der Waals surface area (Å²) >= 11 is 0. The maximum Gasteiger partial charge on any atom is 0.245 e. The number of likely N-dealkylation sites (N-methyl/N-ethyl adjacent to an activating group) is 2. The van der Waals surface area contributed by atoms with Gasteiger partial charge in [-0.1, -0.05) is 67.1 Å². The minimum Gasteiger partial charge on any atom is -0.339 e. The Morgan fingerprint density at radius 1 is 0.804 bits per heavy atom. The molecule has 2 aromatic carbocycles. The van der Waals surface area contributed by atoms with E-state index in [4.69, 9.17) is 4.98 Å². The molecule has 0 saturated carbocycles. The van der Waals surface area contributed by atoms with Crippen LogP contribution in [0.1, 0.15) is 86.0 Å². The van der Waals surface area contributed by atoms with Crippen molar-refractivity contribution >= 4 is 11.8 Å². The lowest BCUT2D eigenvalue weighted by molar-refractivity contribution is -0.139. The molecule has 2 fully saturated rings. The normalized spacial score (nSPS) is 19.2. The minimum absolute atomic E-state index is 0.00479. The van der Waals surface area contributed by atoms with Gasteiger partial charge >= 0.3 is 0 Å². The second-order valence-electron chi connectivity index (χ2n) is 12.9. The van der Waals surface area contributed by atoms with Gasteiger partial charge in [-0.05, 0) is 70.9 Å². The number of rotatable bonds is 10. The fraction of sp³-hybridized carbons (Fsp3) is 0.444. The molecule has 46 heavy (non-hydrogen) atoms. The Labute approximate surface area is 271 Å². The molecule has 2 aliphatic heterocycles. The van der Waals surface area contributed by atoms with Gasteiger partial charge < -0.3 is 19.8 Å². The first kappa shape index (κ1) is 31.7. The third kappa shape index (κ3) is 6.50. The molecule has 242 valence electrons. The van der Waals surface area contributed by atoms with E-state index in [0.717, 1.165) is 73.7 Å². The number of benzene rings is 2. The van der Waals surface area contributed by atoms with Crippen molar-refractivity contribution < 1.29 is 9.59 Å². The highest BCUT2D eigenvalue weighted by molar-refractivity contribution is 5.84. The molecule has 10 nitrogen and oxygen atoms in total. The highest BCUT2D eigenvalue weighted by Crippen LogP contribution is 2.36. The number of hydrogen-bond acceptors (Lipinski definition) is 6. The highest BCUT2D eigenvalue weighted by atomic mass is 16.2. The van der Waals surface area contributed by atoms with E-state index in [1.165, 1.54) is 6.42 Å². The van der Waals surface area contributed by atoms with Crippen molar-refractivity contribution in [3.8, 4) is 11.4 Å². The number of nitrogens with one attached hydrogen (secondary N) is 2. The second-order valence-corrected chi connectivity index (χ2v) is 12.9. The lowest BCUT2D eigenvalue weighted by Crippen LogP contribution is -2.44. The van der Waals surface area contributed by atoms with Gasteiger partial charge in [-0.2, -0.15) is 0 Å². The Bertz CT molecular complexity index is 1590. The quantitative estimate of drug-likeness (QED) is 0.242. The van der Waals surface area contributed by atoms with Crippen LogP contribution in [0.25, 0.3) is 11.4 Å². The molecule has 0 spiro atoms. The van der Waals surface area contributed by atoms with Crippen LogP contribution in [0.4, 0.5) is 0 Å². The number of carbonyl (C=O) groups excluding carboxylic acids is 2. The Hall–Kier alpha value is -4.28. The van der Waals surface area contributed by atoms with Crippen LogP contribution in [0.15, 0.2) is 73.1 Å². The number of piperidine rings is 1. The van der Waals surface area contributed by atoms with E-state index in [1.807, 2.05) is 92.6 Å². The Kier molecular flexibility index (Phi) is 9.65. The zero-order valence-corrected chi connectivity index (χ0v) is 27.4. The molecular weight excluding hydrogens is 576 g/mol. The van der Waals surface area contributed by atoms with Gasteiger partial charge in [0.1, 0.15) is 23.7 Å². The number of aromatic nitrogens is 4. The van der Waals surface area contributed by atoms with E-state index < -0.39 is 6.04 Å². The first-order chi connectivity index (χ1) is 22.3. The first-order valence-corrected chi connectivity index (χ1v) is 16.5. The maximum atomic E-state index is 14.3. The summed E-state index contributed by atoms with van der Waals surface area (Å²) in [6.07, 6.45) is 8.87. The number of amides is 2. The summed E-state index contributed by atoms with van der Waals surface area (Å²) in [5.41, 5.74) is 3.61. The highest BCUT2D eigenvalue weighted by Gasteiger charge is 2.39. The van der Waals surface area contributed by atoms with Gasteiger partial charge in [-0.15, -0.1) is 0 Å². The number of imidazole rings is 2. The predicted molar refractivity (Wildman–Crippen MR) is 179 cm³/mol. The second kappa shape index (κ2) is 14.0. The average molecular weight is 623 g/mol. The molecule has 0 bridgehead atoms. The van der Waals surface area contributed by atoms with E-state index in [-0.39, 0.29) is 29.9 Å².